The standard InChI is InChI=1S/C18H20ClFN4O2/c1-12-9-17(24(25)26)16(10-15(12)21)23-7-5-22(6-8-23)11-13-3-2-4-14(19)18(13)20/h2-4,9-10H,5-8,11,21H2,1H3. The first-order chi connectivity index (χ1) is 12.4. The third-order valence-corrected chi connectivity index (χ3v) is 4.99. The van der Waals surface area contributed by atoms with Crippen molar-refractivity contribution in [3.63, 3.8) is 0 Å². The van der Waals surface area contributed by atoms with Crippen molar-refractivity contribution in [3.8, 4) is 0 Å². The summed E-state index contributed by atoms with van der Waals surface area (Å²) in [6, 6.07) is 8.16. The van der Waals surface area contributed by atoms with E-state index in [0.717, 1.165) is 0 Å². The number of rotatable bonds is 4. The molecule has 0 spiro atoms. The van der Waals surface area contributed by atoms with E-state index in [1.807, 2.05) is 4.90 Å². The summed E-state index contributed by atoms with van der Waals surface area (Å²) in [4.78, 5) is 15.1. The number of halogens is 2. The van der Waals surface area contributed by atoms with Gasteiger partial charge in [-0.15, -0.1) is 0 Å². The molecule has 1 fully saturated rings. The molecule has 0 radical (unpaired) electrons. The van der Waals surface area contributed by atoms with E-state index < -0.39 is 5.82 Å². The van der Waals surface area contributed by atoms with E-state index in [0.29, 0.717) is 55.2 Å². The SMILES string of the molecule is Cc1cc([N+](=O)[O-])c(N2CCN(Cc3cccc(Cl)c3F)CC2)cc1N. The van der Waals surface area contributed by atoms with Crippen molar-refractivity contribution in [1.82, 2.24) is 4.90 Å². The van der Waals surface area contributed by atoms with Gasteiger partial charge in [0.25, 0.3) is 5.69 Å². The van der Waals surface area contributed by atoms with Crippen LogP contribution in [0.5, 0.6) is 0 Å². The summed E-state index contributed by atoms with van der Waals surface area (Å²) >= 11 is 5.83. The number of anilines is 2. The number of nitro benzene ring substituents is 1. The molecule has 1 aliphatic rings. The molecule has 0 unspecified atom stereocenters. The molecule has 0 saturated carbocycles. The van der Waals surface area contributed by atoms with Crippen molar-refractivity contribution in [1.29, 1.82) is 0 Å². The van der Waals surface area contributed by atoms with E-state index in [4.69, 9.17) is 17.3 Å². The zero-order chi connectivity index (χ0) is 18.8. The summed E-state index contributed by atoms with van der Waals surface area (Å²) in [6.45, 7) is 4.74. The lowest BCUT2D eigenvalue weighted by atomic mass is 10.1. The van der Waals surface area contributed by atoms with E-state index in [1.165, 1.54) is 12.1 Å². The molecule has 1 aliphatic heterocycles. The second-order valence-electron chi connectivity index (χ2n) is 6.43. The number of hydrogen-bond acceptors (Lipinski definition) is 5. The Balaban J connectivity index is 1.72. The molecule has 0 amide bonds. The molecule has 3 rings (SSSR count). The topological polar surface area (TPSA) is 75.6 Å². The van der Waals surface area contributed by atoms with Crippen LogP contribution in [-0.4, -0.2) is 36.0 Å². The molecule has 8 heteroatoms. The number of benzene rings is 2. The van der Waals surface area contributed by atoms with Crippen LogP contribution >= 0.6 is 11.6 Å². The summed E-state index contributed by atoms with van der Waals surface area (Å²) in [5, 5.41) is 11.5. The predicted octanol–water partition coefficient (Wildman–Crippen LogP) is 3.60. The fourth-order valence-electron chi connectivity index (χ4n) is 3.16. The van der Waals surface area contributed by atoms with Gasteiger partial charge in [-0.25, -0.2) is 4.39 Å². The second kappa shape index (κ2) is 7.47. The van der Waals surface area contributed by atoms with Crippen LogP contribution < -0.4 is 10.6 Å². The number of nitro groups is 1. The van der Waals surface area contributed by atoms with Crippen LogP contribution in [0.15, 0.2) is 30.3 Å². The lowest BCUT2D eigenvalue weighted by Crippen LogP contribution is -2.46. The lowest BCUT2D eigenvalue weighted by molar-refractivity contribution is -0.384. The van der Waals surface area contributed by atoms with Crippen LogP contribution in [0.25, 0.3) is 0 Å². The summed E-state index contributed by atoms with van der Waals surface area (Å²) < 4.78 is 14.1. The molecule has 2 aromatic rings. The van der Waals surface area contributed by atoms with Gasteiger partial charge in [0, 0.05) is 50.0 Å². The zero-order valence-electron chi connectivity index (χ0n) is 14.4. The minimum Gasteiger partial charge on any atom is -0.398 e. The Morgan fingerprint density at radius 2 is 1.96 bits per heavy atom. The van der Waals surface area contributed by atoms with Gasteiger partial charge in [-0.3, -0.25) is 15.0 Å². The first-order valence-corrected chi connectivity index (χ1v) is 8.69. The number of hydrogen-bond donors (Lipinski definition) is 1. The van der Waals surface area contributed by atoms with Crippen LogP contribution in [0.1, 0.15) is 11.1 Å². The van der Waals surface area contributed by atoms with Gasteiger partial charge in [-0.2, -0.15) is 0 Å². The Hall–Kier alpha value is -2.38. The van der Waals surface area contributed by atoms with Crippen LogP contribution in [0.2, 0.25) is 5.02 Å². The zero-order valence-corrected chi connectivity index (χ0v) is 15.2. The molecule has 138 valence electrons. The van der Waals surface area contributed by atoms with E-state index in [2.05, 4.69) is 4.90 Å². The van der Waals surface area contributed by atoms with E-state index in [9.17, 15) is 14.5 Å². The lowest BCUT2D eigenvalue weighted by Gasteiger charge is -2.36. The van der Waals surface area contributed by atoms with Gasteiger partial charge in [-0.1, -0.05) is 23.7 Å². The monoisotopic (exact) mass is 378 g/mol. The third kappa shape index (κ3) is 3.73. The molecule has 6 nitrogen and oxygen atoms in total. The quantitative estimate of drug-likeness (QED) is 0.499. The van der Waals surface area contributed by atoms with Crippen LogP contribution in [0, 0.1) is 22.9 Å². The Bertz CT molecular complexity index is 838. The molecule has 0 atom stereocenters. The number of nitrogens with zero attached hydrogens (tertiary/aromatic N) is 3. The summed E-state index contributed by atoms with van der Waals surface area (Å²) in [5.74, 6) is -0.390. The van der Waals surface area contributed by atoms with E-state index in [-0.39, 0.29) is 15.6 Å². The first kappa shape index (κ1) is 18.4. The third-order valence-electron chi connectivity index (χ3n) is 4.70. The molecule has 1 heterocycles. The van der Waals surface area contributed by atoms with Crippen molar-refractivity contribution in [2.75, 3.05) is 36.8 Å². The minimum absolute atomic E-state index is 0.0611. The Labute approximate surface area is 156 Å². The Morgan fingerprint density at radius 3 is 2.62 bits per heavy atom. The molecular weight excluding hydrogens is 359 g/mol. The van der Waals surface area contributed by atoms with Gasteiger partial charge in [0.1, 0.15) is 11.5 Å². The second-order valence-corrected chi connectivity index (χ2v) is 6.84. The number of nitrogen functional groups attached to an aromatic ring is 1. The highest BCUT2D eigenvalue weighted by atomic mass is 35.5. The number of aryl methyl sites for hydroxylation is 1. The molecule has 26 heavy (non-hydrogen) atoms. The van der Waals surface area contributed by atoms with Gasteiger partial charge >= 0.3 is 0 Å². The highest BCUT2D eigenvalue weighted by Gasteiger charge is 2.25. The summed E-state index contributed by atoms with van der Waals surface area (Å²) in [5.41, 5.74) is 8.32. The average molecular weight is 379 g/mol. The smallest absolute Gasteiger partial charge is 0.292 e. The number of piperazine rings is 1. The van der Waals surface area contributed by atoms with Gasteiger partial charge in [0.15, 0.2) is 0 Å². The number of nitrogens with two attached hydrogens (primary N) is 1. The van der Waals surface area contributed by atoms with Crippen LogP contribution in [0.4, 0.5) is 21.5 Å². The van der Waals surface area contributed by atoms with Gasteiger partial charge < -0.3 is 10.6 Å². The first-order valence-electron chi connectivity index (χ1n) is 8.31. The Morgan fingerprint density at radius 1 is 1.27 bits per heavy atom. The normalized spacial score (nSPS) is 15.3. The largest absolute Gasteiger partial charge is 0.398 e. The van der Waals surface area contributed by atoms with Crippen molar-refractivity contribution in [3.05, 3.63) is 62.4 Å². The molecule has 2 N–H and O–H groups in total. The van der Waals surface area contributed by atoms with Crippen molar-refractivity contribution in [2.24, 2.45) is 0 Å². The Kier molecular flexibility index (Phi) is 5.29. The molecular formula is C18H20ClFN4O2. The van der Waals surface area contributed by atoms with Crippen molar-refractivity contribution in [2.45, 2.75) is 13.5 Å². The van der Waals surface area contributed by atoms with Gasteiger partial charge in [0.2, 0.25) is 0 Å². The van der Waals surface area contributed by atoms with Crippen molar-refractivity contribution >= 4 is 28.7 Å². The summed E-state index contributed by atoms with van der Waals surface area (Å²) in [6.07, 6.45) is 0. The molecule has 1 saturated heterocycles. The van der Waals surface area contributed by atoms with E-state index >= 15 is 0 Å². The maximum atomic E-state index is 14.1. The molecule has 0 aromatic heterocycles. The summed E-state index contributed by atoms with van der Waals surface area (Å²) in [7, 11) is 0. The highest BCUT2D eigenvalue weighted by Crippen LogP contribution is 2.33. The minimum atomic E-state index is -0.390. The highest BCUT2D eigenvalue weighted by molar-refractivity contribution is 6.30. The van der Waals surface area contributed by atoms with Gasteiger partial charge in [-0.05, 0) is 24.6 Å². The van der Waals surface area contributed by atoms with Crippen LogP contribution in [0.3, 0.4) is 0 Å². The van der Waals surface area contributed by atoms with Crippen molar-refractivity contribution < 1.29 is 9.31 Å². The maximum Gasteiger partial charge on any atom is 0.292 e. The average Bonchev–Trinajstić information content (AvgIpc) is 2.61. The fraction of sp³-hybridized carbons (Fsp3) is 0.333. The molecule has 0 bridgehead atoms. The molecule has 0 aliphatic carbocycles. The fourth-order valence-corrected chi connectivity index (χ4v) is 3.35. The predicted molar refractivity (Wildman–Crippen MR) is 101 cm³/mol. The van der Waals surface area contributed by atoms with E-state index in [1.54, 1.807) is 25.1 Å². The maximum absolute atomic E-state index is 14.1. The van der Waals surface area contributed by atoms with Crippen LogP contribution in [-0.2, 0) is 6.54 Å². The van der Waals surface area contributed by atoms with Gasteiger partial charge in [0.05, 0.1) is 9.95 Å². The molecule has 2 aromatic carbocycles.